The molecule has 2 rings (SSSR count). The van der Waals surface area contributed by atoms with E-state index in [4.69, 9.17) is 16.7 Å². The summed E-state index contributed by atoms with van der Waals surface area (Å²) in [6.07, 6.45) is 2.26. The summed E-state index contributed by atoms with van der Waals surface area (Å²) in [7, 11) is -3.65. The average Bonchev–Trinajstić information content (AvgIpc) is 2.42. The van der Waals surface area contributed by atoms with E-state index in [1.807, 2.05) is 0 Å². The number of halogens is 2. The molecule has 0 amide bonds. The fourth-order valence-electron chi connectivity index (χ4n) is 1.64. The first-order chi connectivity index (χ1) is 9.86. The first-order valence-corrected chi connectivity index (χ1v) is 8.61. The van der Waals surface area contributed by atoms with Crippen molar-refractivity contribution in [1.29, 1.82) is 0 Å². The zero-order valence-electron chi connectivity index (χ0n) is 10.8. The standard InChI is InChI=1S/C12H12BrClN4O2S/c13-10-7-17-12(14)18-11(10)16-6-5-8-1-3-9(4-2-8)21(15,19)20/h1-4,7H,5-6H2,(H2,15,19,20)(H,16,17,18). The van der Waals surface area contributed by atoms with Crippen LogP contribution in [0.15, 0.2) is 39.8 Å². The molecule has 0 spiro atoms. The van der Waals surface area contributed by atoms with Gasteiger partial charge in [0.2, 0.25) is 15.3 Å². The van der Waals surface area contributed by atoms with E-state index in [-0.39, 0.29) is 10.2 Å². The molecule has 9 heteroatoms. The van der Waals surface area contributed by atoms with E-state index < -0.39 is 10.0 Å². The van der Waals surface area contributed by atoms with Gasteiger partial charge in [-0.3, -0.25) is 0 Å². The zero-order chi connectivity index (χ0) is 15.5. The Hall–Kier alpha value is -1.22. The van der Waals surface area contributed by atoms with Crippen molar-refractivity contribution in [2.24, 2.45) is 5.14 Å². The predicted octanol–water partition coefficient (Wildman–Crippen LogP) is 2.19. The van der Waals surface area contributed by atoms with Crippen LogP contribution in [0.5, 0.6) is 0 Å². The molecule has 0 aliphatic rings. The smallest absolute Gasteiger partial charge is 0.238 e. The fourth-order valence-corrected chi connectivity index (χ4v) is 2.62. The lowest BCUT2D eigenvalue weighted by atomic mass is 10.1. The Morgan fingerprint density at radius 3 is 2.57 bits per heavy atom. The third kappa shape index (κ3) is 4.63. The lowest BCUT2D eigenvalue weighted by molar-refractivity contribution is 0.598. The number of sulfonamides is 1. The van der Waals surface area contributed by atoms with Crippen molar-refractivity contribution in [2.45, 2.75) is 11.3 Å². The van der Waals surface area contributed by atoms with Gasteiger partial charge in [0, 0.05) is 12.7 Å². The van der Waals surface area contributed by atoms with Crippen molar-refractivity contribution in [3.63, 3.8) is 0 Å². The third-order valence-corrected chi connectivity index (χ3v) is 4.36. The minimum Gasteiger partial charge on any atom is -0.369 e. The number of benzene rings is 1. The summed E-state index contributed by atoms with van der Waals surface area (Å²) in [5.74, 6) is 0.608. The van der Waals surface area contributed by atoms with Crippen LogP contribution in [0.4, 0.5) is 5.82 Å². The number of nitrogens with two attached hydrogens (primary N) is 1. The van der Waals surface area contributed by atoms with Gasteiger partial charge in [0.25, 0.3) is 0 Å². The summed E-state index contributed by atoms with van der Waals surface area (Å²) < 4.78 is 23.0. The molecule has 3 N–H and O–H groups in total. The summed E-state index contributed by atoms with van der Waals surface area (Å²) in [5, 5.41) is 8.33. The van der Waals surface area contributed by atoms with E-state index in [0.29, 0.717) is 18.8 Å². The van der Waals surface area contributed by atoms with Crippen LogP contribution in [0.25, 0.3) is 0 Å². The molecule has 112 valence electrons. The molecule has 0 atom stereocenters. The zero-order valence-corrected chi connectivity index (χ0v) is 13.9. The lowest BCUT2D eigenvalue weighted by Gasteiger charge is -2.08. The average molecular weight is 392 g/mol. The molecule has 0 aliphatic heterocycles. The molecule has 1 heterocycles. The van der Waals surface area contributed by atoms with Gasteiger partial charge in [-0.2, -0.15) is 4.98 Å². The van der Waals surface area contributed by atoms with E-state index in [1.54, 1.807) is 18.3 Å². The van der Waals surface area contributed by atoms with Crippen molar-refractivity contribution in [3.05, 3.63) is 45.8 Å². The number of rotatable bonds is 5. The molecular formula is C12H12BrClN4O2S. The highest BCUT2D eigenvalue weighted by Crippen LogP contribution is 2.20. The van der Waals surface area contributed by atoms with Crippen molar-refractivity contribution in [1.82, 2.24) is 9.97 Å². The molecule has 1 aromatic heterocycles. The molecular weight excluding hydrogens is 380 g/mol. The van der Waals surface area contributed by atoms with Gasteiger partial charge >= 0.3 is 0 Å². The van der Waals surface area contributed by atoms with Gasteiger partial charge in [0.05, 0.1) is 9.37 Å². The van der Waals surface area contributed by atoms with E-state index in [9.17, 15) is 8.42 Å². The SMILES string of the molecule is NS(=O)(=O)c1ccc(CCNc2nc(Cl)ncc2Br)cc1. The van der Waals surface area contributed by atoms with Crippen molar-refractivity contribution >= 4 is 43.4 Å². The molecule has 0 saturated heterocycles. The van der Waals surface area contributed by atoms with Crippen LogP contribution >= 0.6 is 27.5 Å². The van der Waals surface area contributed by atoms with Gasteiger partial charge in [-0.05, 0) is 51.6 Å². The summed E-state index contributed by atoms with van der Waals surface area (Å²) in [6, 6.07) is 6.43. The second kappa shape index (κ2) is 6.69. The highest BCUT2D eigenvalue weighted by Gasteiger charge is 2.07. The van der Waals surface area contributed by atoms with Gasteiger partial charge < -0.3 is 5.32 Å². The molecule has 2 aromatic rings. The monoisotopic (exact) mass is 390 g/mol. The molecule has 0 aliphatic carbocycles. The largest absolute Gasteiger partial charge is 0.369 e. The maximum Gasteiger partial charge on any atom is 0.238 e. The van der Waals surface area contributed by atoms with Crippen LogP contribution in [0.2, 0.25) is 5.28 Å². The molecule has 21 heavy (non-hydrogen) atoms. The molecule has 0 radical (unpaired) electrons. The summed E-state index contributed by atoms with van der Waals surface area (Å²) in [5.41, 5.74) is 0.978. The van der Waals surface area contributed by atoms with Crippen LogP contribution < -0.4 is 10.5 Å². The quantitative estimate of drug-likeness (QED) is 0.761. The van der Waals surface area contributed by atoms with Crippen LogP contribution in [-0.4, -0.2) is 24.9 Å². The van der Waals surface area contributed by atoms with Gasteiger partial charge in [0.15, 0.2) is 0 Å². The van der Waals surface area contributed by atoms with Crippen LogP contribution in [0, 0.1) is 0 Å². The number of hydrogen-bond acceptors (Lipinski definition) is 5. The first kappa shape index (κ1) is 16.2. The highest BCUT2D eigenvalue weighted by molar-refractivity contribution is 9.10. The number of nitrogens with one attached hydrogen (secondary N) is 1. The summed E-state index contributed by atoms with van der Waals surface area (Å²) in [4.78, 5) is 7.99. The van der Waals surface area contributed by atoms with E-state index in [2.05, 4.69) is 31.2 Å². The minimum atomic E-state index is -3.65. The predicted molar refractivity (Wildman–Crippen MR) is 84.8 cm³/mol. The number of hydrogen-bond donors (Lipinski definition) is 2. The number of nitrogens with zero attached hydrogens (tertiary/aromatic N) is 2. The topological polar surface area (TPSA) is 98.0 Å². The molecule has 0 unspecified atom stereocenters. The Kier molecular flexibility index (Phi) is 5.15. The van der Waals surface area contributed by atoms with Crippen molar-refractivity contribution < 1.29 is 8.42 Å². The number of aromatic nitrogens is 2. The van der Waals surface area contributed by atoms with Crippen molar-refractivity contribution in [3.8, 4) is 0 Å². The van der Waals surface area contributed by atoms with E-state index >= 15 is 0 Å². The molecule has 1 aromatic carbocycles. The Morgan fingerprint density at radius 2 is 1.95 bits per heavy atom. The maximum atomic E-state index is 11.1. The number of anilines is 1. The Balaban J connectivity index is 1.96. The molecule has 0 fully saturated rings. The third-order valence-electron chi connectivity index (χ3n) is 2.67. The van der Waals surface area contributed by atoms with Gasteiger partial charge in [0.1, 0.15) is 5.82 Å². The van der Waals surface area contributed by atoms with Crippen LogP contribution in [0.3, 0.4) is 0 Å². The van der Waals surface area contributed by atoms with E-state index in [0.717, 1.165) is 10.0 Å². The van der Waals surface area contributed by atoms with Crippen LogP contribution in [0.1, 0.15) is 5.56 Å². The number of primary sulfonamides is 1. The normalized spacial score (nSPS) is 11.4. The second-order valence-electron chi connectivity index (χ2n) is 4.20. The summed E-state index contributed by atoms with van der Waals surface area (Å²) >= 11 is 9.04. The maximum absolute atomic E-state index is 11.1. The first-order valence-electron chi connectivity index (χ1n) is 5.90. The fraction of sp³-hybridized carbons (Fsp3) is 0.167. The van der Waals surface area contributed by atoms with Crippen molar-refractivity contribution in [2.75, 3.05) is 11.9 Å². The van der Waals surface area contributed by atoms with E-state index in [1.165, 1.54) is 12.1 Å². The Morgan fingerprint density at radius 1 is 1.29 bits per heavy atom. The van der Waals surface area contributed by atoms with Gasteiger partial charge in [-0.25, -0.2) is 18.5 Å². The van der Waals surface area contributed by atoms with Gasteiger partial charge in [-0.1, -0.05) is 12.1 Å². The highest BCUT2D eigenvalue weighted by atomic mass is 79.9. The summed E-state index contributed by atoms with van der Waals surface area (Å²) in [6.45, 7) is 0.612. The molecule has 0 bridgehead atoms. The van der Waals surface area contributed by atoms with Crippen LogP contribution in [-0.2, 0) is 16.4 Å². The molecule has 6 nitrogen and oxygen atoms in total. The second-order valence-corrected chi connectivity index (χ2v) is 6.96. The molecule has 0 saturated carbocycles. The minimum absolute atomic E-state index is 0.101. The lowest BCUT2D eigenvalue weighted by Crippen LogP contribution is -2.12. The Labute approximate surface area is 135 Å². The van der Waals surface area contributed by atoms with Gasteiger partial charge in [-0.15, -0.1) is 0 Å². The Bertz CT molecular complexity index is 737.